The van der Waals surface area contributed by atoms with Gasteiger partial charge in [-0.1, -0.05) is 49.2 Å². The van der Waals surface area contributed by atoms with Gasteiger partial charge in [-0.05, 0) is 31.0 Å². The Bertz CT molecular complexity index is 814. The lowest BCUT2D eigenvalue weighted by Gasteiger charge is -2.31. The van der Waals surface area contributed by atoms with E-state index in [2.05, 4.69) is 11.4 Å². The summed E-state index contributed by atoms with van der Waals surface area (Å²) in [5.41, 5.74) is 1.63. The predicted molar refractivity (Wildman–Crippen MR) is 110 cm³/mol. The van der Waals surface area contributed by atoms with Crippen LogP contribution in [-0.2, 0) is 10.2 Å². The molecule has 0 aromatic heterocycles. The van der Waals surface area contributed by atoms with Crippen molar-refractivity contribution in [3.8, 4) is 5.75 Å². The molecule has 1 N–H and O–H groups in total. The second-order valence-electron chi connectivity index (χ2n) is 7.49. The summed E-state index contributed by atoms with van der Waals surface area (Å²) in [5.74, 6) is 0.569. The first-order valence-electron chi connectivity index (χ1n) is 9.76. The largest absolute Gasteiger partial charge is 0.496 e. The summed E-state index contributed by atoms with van der Waals surface area (Å²) in [4.78, 5) is 26.4. The molecule has 0 saturated heterocycles. The Morgan fingerprint density at radius 1 is 1.04 bits per heavy atom. The van der Waals surface area contributed by atoms with Crippen LogP contribution in [0.4, 0.5) is 0 Å². The summed E-state index contributed by atoms with van der Waals surface area (Å²) in [6, 6.07) is 17.1. The summed E-state index contributed by atoms with van der Waals surface area (Å²) in [7, 11) is 3.34. The quantitative estimate of drug-likeness (QED) is 0.801. The molecule has 1 aliphatic rings. The maximum Gasteiger partial charge on any atom is 0.254 e. The molecule has 5 nitrogen and oxygen atoms in total. The first-order valence-corrected chi connectivity index (χ1v) is 9.76. The third kappa shape index (κ3) is 4.35. The highest BCUT2D eigenvalue weighted by molar-refractivity contribution is 5.96. The van der Waals surface area contributed by atoms with Crippen LogP contribution in [0.15, 0.2) is 54.6 Å². The third-order valence-electron chi connectivity index (χ3n) is 5.61. The average molecular weight is 380 g/mol. The molecule has 0 aliphatic heterocycles. The fourth-order valence-corrected chi connectivity index (χ4v) is 4.09. The minimum Gasteiger partial charge on any atom is -0.496 e. The topological polar surface area (TPSA) is 58.6 Å². The van der Waals surface area contributed by atoms with Crippen LogP contribution in [0.3, 0.4) is 0 Å². The van der Waals surface area contributed by atoms with E-state index in [1.54, 1.807) is 26.3 Å². The van der Waals surface area contributed by atoms with E-state index in [1.807, 2.05) is 36.4 Å². The molecule has 2 amide bonds. The number of likely N-dealkylation sites (N-methyl/N-ethyl adjacent to an activating group) is 1. The van der Waals surface area contributed by atoms with Crippen molar-refractivity contribution in [1.82, 2.24) is 10.2 Å². The van der Waals surface area contributed by atoms with Crippen molar-refractivity contribution in [1.29, 1.82) is 0 Å². The predicted octanol–water partition coefficient (Wildman–Crippen LogP) is 3.40. The van der Waals surface area contributed by atoms with Gasteiger partial charge >= 0.3 is 0 Å². The van der Waals surface area contributed by atoms with E-state index >= 15 is 0 Å². The van der Waals surface area contributed by atoms with E-state index in [-0.39, 0.29) is 23.8 Å². The average Bonchev–Trinajstić information content (AvgIpc) is 3.22. The zero-order valence-corrected chi connectivity index (χ0v) is 16.6. The summed E-state index contributed by atoms with van der Waals surface area (Å²) < 4.78 is 5.57. The zero-order valence-electron chi connectivity index (χ0n) is 16.6. The van der Waals surface area contributed by atoms with Gasteiger partial charge in [0.05, 0.1) is 13.7 Å². The zero-order chi connectivity index (χ0) is 20.0. The Balaban J connectivity index is 1.64. The van der Waals surface area contributed by atoms with Crippen molar-refractivity contribution in [2.45, 2.75) is 31.1 Å². The minimum absolute atomic E-state index is 0.0374. The highest BCUT2D eigenvalue weighted by Crippen LogP contribution is 2.44. The van der Waals surface area contributed by atoms with Crippen molar-refractivity contribution >= 4 is 11.8 Å². The Morgan fingerprint density at radius 2 is 1.68 bits per heavy atom. The van der Waals surface area contributed by atoms with Gasteiger partial charge in [-0.25, -0.2) is 0 Å². The van der Waals surface area contributed by atoms with Crippen molar-refractivity contribution in [3.05, 3.63) is 65.7 Å². The molecule has 3 rings (SSSR count). The summed E-state index contributed by atoms with van der Waals surface area (Å²) in [5, 5.41) is 3.06. The van der Waals surface area contributed by atoms with Gasteiger partial charge in [-0.15, -0.1) is 0 Å². The second-order valence-corrected chi connectivity index (χ2v) is 7.49. The number of para-hydroxylation sites is 1. The fourth-order valence-electron chi connectivity index (χ4n) is 4.09. The van der Waals surface area contributed by atoms with Crippen LogP contribution < -0.4 is 10.1 Å². The van der Waals surface area contributed by atoms with E-state index in [0.29, 0.717) is 12.1 Å². The molecule has 0 bridgehead atoms. The lowest BCUT2D eigenvalue weighted by atomic mass is 9.78. The molecule has 0 spiro atoms. The number of ether oxygens (including phenoxy) is 1. The molecule has 0 radical (unpaired) electrons. The molecule has 28 heavy (non-hydrogen) atoms. The maximum absolute atomic E-state index is 12.5. The highest BCUT2D eigenvalue weighted by Gasteiger charge is 2.38. The maximum atomic E-state index is 12.5. The number of hydrogen-bond donors (Lipinski definition) is 1. The van der Waals surface area contributed by atoms with E-state index in [4.69, 9.17) is 4.74 Å². The Hall–Kier alpha value is -2.82. The van der Waals surface area contributed by atoms with Crippen molar-refractivity contribution in [2.24, 2.45) is 0 Å². The molecular weight excluding hydrogens is 352 g/mol. The van der Waals surface area contributed by atoms with E-state index < -0.39 is 0 Å². The molecule has 148 valence electrons. The number of nitrogens with one attached hydrogen (secondary N) is 1. The third-order valence-corrected chi connectivity index (χ3v) is 5.61. The lowest BCUT2D eigenvalue weighted by Crippen LogP contribution is -2.44. The number of carbonyl (C=O) groups excluding carboxylic acids is 2. The molecule has 5 heteroatoms. The Morgan fingerprint density at radius 3 is 2.36 bits per heavy atom. The molecule has 0 atom stereocenters. The first-order chi connectivity index (χ1) is 13.6. The molecule has 1 saturated carbocycles. The van der Waals surface area contributed by atoms with Gasteiger partial charge < -0.3 is 15.0 Å². The van der Waals surface area contributed by atoms with E-state index in [0.717, 1.165) is 37.0 Å². The molecule has 1 fully saturated rings. The number of nitrogens with zero attached hydrogens (tertiary/aromatic N) is 1. The fraction of sp³-hybridized carbons (Fsp3) is 0.391. The van der Waals surface area contributed by atoms with Gasteiger partial charge in [0, 0.05) is 30.1 Å². The number of carbonyl (C=O) groups is 2. The lowest BCUT2D eigenvalue weighted by molar-refractivity contribution is -0.121. The molecular formula is C23H28N2O3. The SMILES string of the molecule is COc1ccccc1C1(CNC(=O)CN(C)C(=O)c2ccccc2)CCCC1. The normalized spacial score (nSPS) is 15.1. The van der Waals surface area contributed by atoms with Crippen LogP contribution in [0.2, 0.25) is 0 Å². The van der Waals surface area contributed by atoms with Crippen LogP contribution >= 0.6 is 0 Å². The van der Waals surface area contributed by atoms with Gasteiger partial charge in [-0.2, -0.15) is 0 Å². The van der Waals surface area contributed by atoms with Gasteiger partial charge in [0.15, 0.2) is 0 Å². The van der Waals surface area contributed by atoms with Crippen LogP contribution in [0.5, 0.6) is 5.75 Å². The molecule has 0 unspecified atom stereocenters. The Labute approximate surface area is 166 Å². The van der Waals surface area contributed by atoms with Gasteiger partial charge in [0.25, 0.3) is 5.91 Å². The second kappa shape index (κ2) is 8.91. The molecule has 2 aromatic carbocycles. The van der Waals surface area contributed by atoms with E-state index in [1.165, 1.54) is 4.90 Å². The number of methoxy groups -OCH3 is 1. The smallest absolute Gasteiger partial charge is 0.254 e. The summed E-state index contributed by atoms with van der Waals surface area (Å²) >= 11 is 0. The molecule has 2 aromatic rings. The van der Waals surface area contributed by atoms with Gasteiger partial charge in [-0.3, -0.25) is 9.59 Å². The van der Waals surface area contributed by atoms with Crippen molar-refractivity contribution in [2.75, 3.05) is 27.2 Å². The number of rotatable bonds is 7. The Kier molecular flexibility index (Phi) is 6.34. The van der Waals surface area contributed by atoms with Crippen molar-refractivity contribution < 1.29 is 14.3 Å². The van der Waals surface area contributed by atoms with Crippen LogP contribution in [0.25, 0.3) is 0 Å². The number of amides is 2. The standard InChI is InChI=1S/C23H28N2O3/c1-25(22(27)18-10-4-3-5-11-18)16-21(26)24-17-23(14-8-9-15-23)19-12-6-7-13-20(19)28-2/h3-7,10-13H,8-9,14-17H2,1-2H3,(H,24,26). The van der Waals surface area contributed by atoms with Crippen LogP contribution in [-0.4, -0.2) is 44.0 Å². The minimum atomic E-state index is -0.156. The number of benzene rings is 2. The monoisotopic (exact) mass is 380 g/mol. The van der Waals surface area contributed by atoms with Crippen molar-refractivity contribution in [3.63, 3.8) is 0 Å². The molecule has 1 aliphatic carbocycles. The highest BCUT2D eigenvalue weighted by atomic mass is 16.5. The summed E-state index contributed by atoms with van der Waals surface area (Å²) in [6.45, 7) is 0.593. The van der Waals surface area contributed by atoms with Gasteiger partial charge in [0.1, 0.15) is 5.75 Å². The van der Waals surface area contributed by atoms with Gasteiger partial charge in [0.2, 0.25) is 5.91 Å². The van der Waals surface area contributed by atoms with Crippen LogP contribution in [0.1, 0.15) is 41.6 Å². The first kappa shape index (κ1) is 19.9. The molecule has 0 heterocycles. The van der Waals surface area contributed by atoms with Crippen LogP contribution in [0, 0.1) is 0 Å². The number of hydrogen-bond acceptors (Lipinski definition) is 3. The van der Waals surface area contributed by atoms with E-state index in [9.17, 15) is 9.59 Å². The summed E-state index contributed by atoms with van der Waals surface area (Å²) in [6.07, 6.45) is 4.32.